The van der Waals surface area contributed by atoms with E-state index in [1.807, 2.05) is 24.4 Å². The van der Waals surface area contributed by atoms with Gasteiger partial charge in [-0.05, 0) is 19.1 Å². The van der Waals surface area contributed by atoms with Gasteiger partial charge in [0.1, 0.15) is 0 Å². The van der Waals surface area contributed by atoms with Gasteiger partial charge in [0, 0.05) is 18.7 Å². The first kappa shape index (κ1) is 15.6. The number of benzene rings is 1. The van der Waals surface area contributed by atoms with Gasteiger partial charge in [-0.25, -0.2) is 4.79 Å². The Morgan fingerprint density at radius 2 is 1.75 bits per heavy atom. The molecule has 0 aromatic heterocycles. The highest BCUT2D eigenvalue weighted by molar-refractivity contribution is 5.94. The van der Waals surface area contributed by atoms with Crippen molar-refractivity contribution in [1.82, 2.24) is 16.0 Å². The maximum absolute atomic E-state index is 11.7. The SMILES string of the molecule is Cc1ccc(C(=O)NCCNCC(=O)NC(N)=O)cc1. The number of rotatable bonds is 6. The summed E-state index contributed by atoms with van der Waals surface area (Å²) in [5, 5.41) is 7.40. The normalized spacial score (nSPS) is 9.85. The van der Waals surface area contributed by atoms with Crippen LogP contribution in [0.15, 0.2) is 24.3 Å². The minimum atomic E-state index is -0.885. The van der Waals surface area contributed by atoms with Crippen LogP contribution in [0.5, 0.6) is 0 Å². The van der Waals surface area contributed by atoms with Crippen molar-refractivity contribution >= 4 is 17.8 Å². The fourth-order valence-corrected chi connectivity index (χ4v) is 1.45. The van der Waals surface area contributed by atoms with Crippen molar-refractivity contribution in [2.45, 2.75) is 6.92 Å². The molecule has 5 N–H and O–H groups in total. The van der Waals surface area contributed by atoms with Gasteiger partial charge < -0.3 is 16.4 Å². The van der Waals surface area contributed by atoms with Crippen molar-refractivity contribution < 1.29 is 14.4 Å². The van der Waals surface area contributed by atoms with Crippen molar-refractivity contribution in [2.24, 2.45) is 5.73 Å². The highest BCUT2D eigenvalue weighted by atomic mass is 16.2. The van der Waals surface area contributed by atoms with Gasteiger partial charge in [-0.15, -0.1) is 0 Å². The molecule has 1 rings (SSSR count). The Bertz CT molecular complexity index is 485. The number of nitrogens with two attached hydrogens (primary N) is 1. The van der Waals surface area contributed by atoms with Crippen LogP contribution in [0, 0.1) is 6.92 Å². The van der Waals surface area contributed by atoms with Crippen LogP contribution in [-0.2, 0) is 4.79 Å². The van der Waals surface area contributed by atoms with Crippen LogP contribution in [0.4, 0.5) is 4.79 Å². The maximum Gasteiger partial charge on any atom is 0.318 e. The summed E-state index contributed by atoms with van der Waals surface area (Å²) in [5.41, 5.74) is 6.45. The number of amides is 4. The predicted molar refractivity (Wildman–Crippen MR) is 74.1 cm³/mol. The standard InChI is InChI=1S/C13H18N4O3/c1-9-2-4-10(5-3-9)12(19)16-7-6-15-8-11(18)17-13(14)20/h2-5,15H,6-8H2,1H3,(H,16,19)(H3,14,17,18,20). The molecule has 0 fully saturated rings. The number of primary amides is 1. The number of imide groups is 1. The Morgan fingerprint density at radius 1 is 1.10 bits per heavy atom. The number of aryl methyl sites for hydroxylation is 1. The number of urea groups is 1. The Labute approximate surface area is 116 Å². The lowest BCUT2D eigenvalue weighted by Gasteiger charge is -2.07. The second kappa shape index (κ2) is 7.90. The first-order valence-electron chi connectivity index (χ1n) is 6.14. The van der Waals surface area contributed by atoms with E-state index in [4.69, 9.17) is 5.73 Å². The van der Waals surface area contributed by atoms with E-state index in [2.05, 4.69) is 10.6 Å². The van der Waals surface area contributed by atoms with Crippen LogP contribution in [-0.4, -0.2) is 37.5 Å². The van der Waals surface area contributed by atoms with E-state index in [1.165, 1.54) is 0 Å². The van der Waals surface area contributed by atoms with Crippen LogP contribution in [0.3, 0.4) is 0 Å². The smallest absolute Gasteiger partial charge is 0.318 e. The molecule has 0 saturated heterocycles. The Balaban J connectivity index is 2.18. The molecule has 7 nitrogen and oxygen atoms in total. The van der Waals surface area contributed by atoms with E-state index in [0.717, 1.165) is 5.56 Å². The van der Waals surface area contributed by atoms with Gasteiger partial charge in [-0.2, -0.15) is 0 Å². The number of hydrogen-bond acceptors (Lipinski definition) is 4. The van der Waals surface area contributed by atoms with Gasteiger partial charge in [0.2, 0.25) is 5.91 Å². The molecule has 4 amide bonds. The predicted octanol–water partition coefficient (Wildman–Crippen LogP) is -0.491. The van der Waals surface area contributed by atoms with Crippen molar-refractivity contribution in [1.29, 1.82) is 0 Å². The summed E-state index contributed by atoms with van der Waals surface area (Å²) < 4.78 is 0. The first-order valence-corrected chi connectivity index (χ1v) is 6.14. The molecule has 0 bridgehead atoms. The zero-order valence-corrected chi connectivity index (χ0v) is 11.2. The molecule has 0 aliphatic rings. The molecule has 20 heavy (non-hydrogen) atoms. The number of carbonyl (C=O) groups is 3. The summed E-state index contributed by atoms with van der Waals surface area (Å²) >= 11 is 0. The second-order valence-corrected chi connectivity index (χ2v) is 4.21. The molecule has 0 atom stereocenters. The number of carbonyl (C=O) groups excluding carboxylic acids is 3. The molecule has 7 heteroatoms. The third-order valence-corrected chi connectivity index (χ3v) is 2.45. The fourth-order valence-electron chi connectivity index (χ4n) is 1.45. The topological polar surface area (TPSA) is 113 Å². The monoisotopic (exact) mass is 278 g/mol. The molecule has 0 unspecified atom stereocenters. The van der Waals surface area contributed by atoms with Crippen molar-refractivity contribution in [3.63, 3.8) is 0 Å². The zero-order chi connectivity index (χ0) is 15.0. The van der Waals surface area contributed by atoms with Crippen LogP contribution in [0.25, 0.3) is 0 Å². The average molecular weight is 278 g/mol. The summed E-state index contributed by atoms with van der Waals surface area (Å²) in [4.78, 5) is 33.1. The van der Waals surface area contributed by atoms with Crippen LogP contribution >= 0.6 is 0 Å². The van der Waals surface area contributed by atoms with Gasteiger partial charge >= 0.3 is 6.03 Å². The van der Waals surface area contributed by atoms with E-state index in [9.17, 15) is 14.4 Å². The molecule has 0 radical (unpaired) electrons. The lowest BCUT2D eigenvalue weighted by Crippen LogP contribution is -2.42. The minimum Gasteiger partial charge on any atom is -0.351 e. The Morgan fingerprint density at radius 3 is 2.35 bits per heavy atom. The highest BCUT2D eigenvalue weighted by Gasteiger charge is 2.05. The molecule has 108 valence electrons. The molecule has 0 spiro atoms. The van der Waals surface area contributed by atoms with Crippen LogP contribution in [0.2, 0.25) is 0 Å². The first-order chi connectivity index (χ1) is 9.49. The summed E-state index contributed by atoms with van der Waals surface area (Å²) in [7, 11) is 0. The van der Waals surface area contributed by atoms with Gasteiger partial charge in [-0.3, -0.25) is 14.9 Å². The van der Waals surface area contributed by atoms with E-state index in [-0.39, 0.29) is 12.5 Å². The van der Waals surface area contributed by atoms with Gasteiger partial charge in [0.05, 0.1) is 6.54 Å². The molecule has 0 heterocycles. The lowest BCUT2D eigenvalue weighted by atomic mass is 10.1. The van der Waals surface area contributed by atoms with Crippen molar-refractivity contribution in [3.8, 4) is 0 Å². The Kier molecular flexibility index (Phi) is 6.18. The van der Waals surface area contributed by atoms with E-state index < -0.39 is 11.9 Å². The molecular weight excluding hydrogens is 260 g/mol. The second-order valence-electron chi connectivity index (χ2n) is 4.21. The van der Waals surface area contributed by atoms with Gasteiger partial charge in [0.25, 0.3) is 5.91 Å². The molecular formula is C13H18N4O3. The summed E-state index contributed by atoms with van der Waals surface area (Å²) in [6, 6.07) is 6.34. The summed E-state index contributed by atoms with van der Waals surface area (Å²) in [5.74, 6) is -0.684. The third kappa shape index (κ3) is 5.96. The van der Waals surface area contributed by atoms with E-state index >= 15 is 0 Å². The lowest BCUT2D eigenvalue weighted by molar-refractivity contribution is -0.119. The molecule has 0 aliphatic heterocycles. The minimum absolute atomic E-state index is 0.0384. The van der Waals surface area contributed by atoms with Crippen LogP contribution in [0.1, 0.15) is 15.9 Å². The number of hydrogen-bond donors (Lipinski definition) is 4. The number of nitrogens with one attached hydrogen (secondary N) is 3. The largest absolute Gasteiger partial charge is 0.351 e. The van der Waals surface area contributed by atoms with Crippen LogP contribution < -0.4 is 21.7 Å². The van der Waals surface area contributed by atoms with Gasteiger partial charge in [0.15, 0.2) is 0 Å². The summed E-state index contributed by atoms with van der Waals surface area (Å²) in [6.45, 7) is 2.69. The summed E-state index contributed by atoms with van der Waals surface area (Å²) in [6.07, 6.45) is 0. The van der Waals surface area contributed by atoms with Crippen molar-refractivity contribution in [3.05, 3.63) is 35.4 Å². The molecule has 0 saturated carbocycles. The van der Waals surface area contributed by atoms with E-state index in [0.29, 0.717) is 18.7 Å². The van der Waals surface area contributed by atoms with Crippen molar-refractivity contribution in [2.75, 3.05) is 19.6 Å². The molecule has 1 aromatic rings. The molecule has 1 aromatic carbocycles. The average Bonchev–Trinajstić information content (AvgIpc) is 2.38. The highest BCUT2D eigenvalue weighted by Crippen LogP contribution is 2.02. The third-order valence-electron chi connectivity index (χ3n) is 2.45. The molecule has 0 aliphatic carbocycles. The maximum atomic E-state index is 11.7. The zero-order valence-electron chi connectivity index (χ0n) is 11.2. The fraction of sp³-hybridized carbons (Fsp3) is 0.308. The quantitative estimate of drug-likeness (QED) is 0.526. The van der Waals surface area contributed by atoms with E-state index in [1.54, 1.807) is 12.1 Å². The van der Waals surface area contributed by atoms with Gasteiger partial charge in [-0.1, -0.05) is 17.7 Å². The Hall–Kier alpha value is -2.41.